The van der Waals surface area contributed by atoms with Crippen molar-refractivity contribution in [2.45, 2.75) is 26.7 Å². The topological polar surface area (TPSA) is 97.0 Å². The van der Waals surface area contributed by atoms with E-state index in [0.717, 1.165) is 30.7 Å². The summed E-state index contributed by atoms with van der Waals surface area (Å²) in [5.41, 5.74) is 1.97. The molecule has 0 aliphatic rings. The highest BCUT2D eigenvalue weighted by atomic mass is 32.1. The van der Waals surface area contributed by atoms with E-state index in [1.807, 2.05) is 23.1 Å². The third-order valence-corrected chi connectivity index (χ3v) is 6.28. The highest BCUT2D eigenvalue weighted by Crippen LogP contribution is 2.33. The van der Waals surface area contributed by atoms with Gasteiger partial charge in [-0.1, -0.05) is 30.3 Å². The first-order chi connectivity index (χ1) is 15.9. The Balaban J connectivity index is 2.09. The molecular weight excluding hydrogens is 442 g/mol. The van der Waals surface area contributed by atoms with Crippen molar-refractivity contribution in [3.05, 3.63) is 51.9 Å². The maximum atomic E-state index is 12.9. The van der Waals surface area contributed by atoms with Crippen LogP contribution in [0.5, 0.6) is 0 Å². The van der Waals surface area contributed by atoms with Gasteiger partial charge in [0.25, 0.3) is 5.91 Å². The zero-order valence-electron chi connectivity index (χ0n) is 19.7. The van der Waals surface area contributed by atoms with Gasteiger partial charge in [0.05, 0.1) is 30.2 Å². The van der Waals surface area contributed by atoms with Crippen molar-refractivity contribution < 1.29 is 23.9 Å². The van der Waals surface area contributed by atoms with Crippen molar-refractivity contribution in [1.82, 2.24) is 10.2 Å². The van der Waals surface area contributed by atoms with Gasteiger partial charge in [-0.3, -0.25) is 14.5 Å². The predicted octanol–water partition coefficient (Wildman–Crippen LogP) is 3.11. The number of amides is 2. The number of hydrogen-bond acceptors (Lipinski definition) is 7. The Hall–Kier alpha value is -2.75. The number of methoxy groups -OCH3 is 1. The predicted molar refractivity (Wildman–Crippen MR) is 130 cm³/mol. The molecule has 8 nitrogen and oxygen atoms in total. The number of esters is 1. The minimum atomic E-state index is -0.559. The quantitative estimate of drug-likeness (QED) is 0.432. The summed E-state index contributed by atoms with van der Waals surface area (Å²) >= 11 is 1.07. The van der Waals surface area contributed by atoms with Gasteiger partial charge in [0.15, 0.2) is 0 Å². The molecule has 0 radical (unpaired) electrons. The van der Waals surface area contributed by atoms with Gasteiger partial charge in [-0.2, -0.15) is 0 Å². The largest absolute Gasteiger partial charge is 0.462 e. The Labute approximate surface area is 199 Å². The van der Waals surface area contributed by atoms with E-state index in [-0.39, 0.29) is 30.5 Å². The van der Waals surface area contributed by atoms with Crippen molar-refractivity contribution in [2.75, 3.05) is 52.3 Å². The van der Waals surface area contributed by atoms with Gasteiger partial charge >= 0.3 is 5.97 Å². The monoisotopic (exact) mass is 475 g/mol. The van der Waals surface area contributed by atoms with Crippen LogP contribution in [-0.2, 0) is 20.7 Å². The molecule has 2 N–H and O–H groups in total. The molecule has 0 saturated carbocycles. The number of ether oxygens (including phenoxy) is 2. The van der Waals surface area contributed by atoms with Crippen molar-refractivity contribution >= 4 is 34.1 Å². The summed E-state index contributed by atoms with van der Waals surface area (Å²) < 4.78 is 10.3. The molecule has 0 fully saturated rings. The minimum absolute atomic E-state index is 0.146. The summed E-state index contributed by atoms with van der Waals surface area (Å²) in [7, 11) is 3.15. The molecule has 1 aromatic carbocycles. The van der Waals surface area contributed by atoms with Gasteiger partial charge < -0.3 is 20.1 Å². The third kappa shape index (κ3) is 7.96. The molecule has 0 bridgehead atoms. The lowest BCUT2D eigenvalue weighted by Crippen LogP contribution is -2.36. The molecule has 0 aliphatic heterocycles. The van der Waals surface area contributed by atoms with Crippen LogP contribution in [0.15, 0.2) is 30.3 Å². The molecule has 1 heterocycles. The second-order valence-electron chi connectivity index (χ2n) is 7.47. The van der Waals surface area contributed by atoms with Crippen molar-refractivity contribution in [1.29, 1.82) is 0 Å². The van der Waals surface area contributed by atoms with E-state index in [0.29, 0.717) is 28.6 Å². The van der Waals surface area contributed by atoms with Gasteiger partial charge in [0.2, 0.25) is 5.91 Å². The maximum Gasteiger partial charge on any atom is 0.341 e. The molecule has 1 aromatic heterocycles. The highest BCUT2D eigenvalue weighted by Gasteiger charge is 2.26. The van der Waals surface area contributed by atoms with Crippen LogP contribution in [0.3, 0.4) is 0 Å². The van der Waals surface area contributed by atoms with Crippen LogP contribution in [0.4, 0.5) is 5.00 Å². The molecule has 2 amide bonds. The van der Waals surface area contributed by atoms with Crippen molar-refractivity contribution in [3.63, 3.8) is 0 Å². The second kappa shape index (κ2) is 13.7. The number of rotatable bonds is 13. The summed E-state index contributed by atoms with van der Waals surface area (Å²) in [6, 6.07) is 10.2. The molecule has 0 spiro atoms. The van der Waals surface area contributed by atoms with Gasteiger partial charge in [0, 0.05) is 20.7 Å². The van der Waals surface area contributed by atoms with Crippen LogP contribution in [0.2, 0.25) is 0 Å². The number of carbonyl (C=O) groups excluding carboxylic acids is 3. The maximum absolute atomic E-state index is 12.9. The van der Waals surface area contributed by atoms with Crippen LogP contribution >= 0.6 is 11.3 Å². The standard InChI is InChI=1S/C24H33N3O5S/c1-5-32-24(30)20-17(2)21(22(29)25-3)33-23(20)26-19(28)16-27(14-15-31-4)13-9-12-18-10-7-6-8-11-18/h6-8,10-11H,5,9,12-16H2,1-4H3,(H,25,29)(H,26,28). The lowest BCUT2D eigenvalue weighted by Gasteiger charge is -2.21. The van der Waals surface area contributed by atoms with E-state index in [9.17, 15) is 14.4 Å². The molecular formula is C24H33N3O5S. The van der Waals surface area contributed by atoms with E-state index >= 15 is 0 Å². The zero-order valence-corrected chi connectivity index (χ0v) is 20.5. The van der Waals surface area contributed by atoms with Crippen LogP contribution in [0, 0.1) is 6.92 Å². The fourth-order valence-electron chi connectivity index (χ4n) is 3.39. The molecule has 0 saturated heterocycles. The number of benzene rings is 1. The zero-order chi connectivity index (χ0) is 24.2. The Morgan fingerprint density at radius 3 is 2.48 bits per heavy atom. The Kier molecular flexibility index (Phi) is 11.0. The minimum Gasteiger partial charge on any atom is -0.462 e. The average molecular weight is 476 g/mol. The summed E-state index contributed by atoms with van der Waals surface area (Å²) in [6.45, 7) is 5.57. The molecule has 33 heavy (non-hydrogen) atoms. The van der Waals surface area contributed by atoms with Crippen LogP contribution in [0.1, 0.15) is 44.5 Å². The smallest absolute Gasteiger partial charge is 0.341 e. The molecule has 9 heteroatoms. The van der Waals surface area contributed by atoms with E-state index in [4.69, 9.17) is 9.47 Å². The molecule has 180 valence electrons. The van der Waals surface area contributed by atoms with Crippen LogP contribution in [0.25, 0.3) is 0 Å². The lowest BCUT2D eigenvalue weighted by atomic mass is 10.1. The van der Waals surface area contributed by atoms with Gasteiger partial charge in [-0.25, -0.2) is 4.79 Å². The van der Waals surface area contributed by atoms with E-state index < -0.39 is 5.97 Å². The fourth-order valence-corrected chi connectivity index (χ4v) is 4.55. The number of aryl methyl sites for hydroxylation is 1. The average Bonchev–Trinajstić information content (AvgIpc) is 3.13. The SMILES string of the molecule is CCOC(=O)c1c(NC(=O)CN(CCCc2ccccc2)CCOC)sc(C(=O)NC)c1C. The number of anilines is 1. The molecule has 2 rings (SSSR count). The summed E-state index contributed by atoms with van der Waals surface area (Å²) in [5, 5.41) is 5.71. The molecule has 0 aliphatic carbocycles. The first-order valence-corrected chi connectivity index (χ1v) is 11.8. The molecule has 2 aromatic rings. The van der Waals surface area contributed by atoms with E-state index in [1.54, 1.807) is 21.0 Å². The Morgan fingerprint density at radius 1 is 1.12 bits per heavy atom. The highest BCUT2D eigenvalue weighted by molar-refractivity contribution is 7.18. The number of thiophene rings is 1. The summed E-state index contributed by atoms with van der Waals surface area (Å²) in [6.07, 6.45) is 1.81. The number of nitrogens with zero attached hydrogens (tertiary/aromatic N) is 1. The first kappa shape index (κ1) is 26.5. The lowest BCUT2D eigenvalue weighted by molar-refractivity contribution is -0.117. The van der Waals surface area contributed by atoms with Crippen LogP contribution < -0.4 is 10.6 Å². The first-order valence-electron chi connectivity index (χ1n) is 11.0. The van der Waals surface area contributed by atoms with Gasteiger partial charge in [-0.05, 0) is 44.4 Å². The van der Waals surface area contributed by atoms with Gasteiger partial charge in [0.1, 0.15) is 5.00 Å². The fraction of sp³-hybridized carbons (Fsp3) is 0.458. The second-order valence-corrected chi connectivity index (χ2v) is 8.49. The Bertz CT molecular complexity index is 930. The summed E-state index contributed by atoms with van der Waals surface area (Å²) in [5.74, 6) is -1.14. The van der Waals surface area contributed by atoms with E-state index in [1.165, 1.54) is 12.6 Å². The van der Waals surface area contributed by atoms with Crippen molar-refractivity contribution in [2.24, 2.45) is 0 Å². The number of nitrogens with one attached hydrogen (secondary N) is 2. The third-order valence-electron chi connectivity index (χ3n) is 5.07. The Morgan fingerprint density at radius 2 is 1.85 bits per heavy atom. The normalized spacial score (nSPS) is 10.8. The molecule has 0 atom stereocenters. The number of carbonyl (C=O) groups is 3. The molecule has 0 unspecified atom stereocenters. The van der Waals surface area contributed by atoms with Crippen LogP contribution in [-0.4, -0.2) is 69.7 Å². The number of hydrogen-bond donors (Lipinski definition) is 2. The van der Waals surface area contributed by atoms with Crippen molar-refractivity contribution in [3.8, 4) is 0 Å². The van der Waals surface area contributed by atoms with Gasteiger partial charge in [-0.15, -0.1) is 11.3 Å². The van der Waals surface area contributed by atoms with E-state index in [2.05, 4.69) is 22.8 Å². The summed E-state index contributed by atoms with van der Waals surface area (Å²) in [4.78, 5) is 40.0.